The third-order valence-corrected chi connectivity index (χ3v) is 6.34. The molecule has 1 aliphatic rings. The van der Waals surface area contributed by atoms with Gasteiger partial charge in [0.15, 0.2) is 12.1 Å². The maximum Gasteiger partial charge on any atom is 0.407 e. The Morgan fingerprint density at radius 2 is 2.12 bits per heavy atom. The van der Waals surface area contributed by atoms with E-state index in [9.17, 15) is 19.5 Å². The summed E-state index contributed by atoms with van der Waals surface area (Å²) >= 11 is 0.987. The number of amides is 2. The molecule has 2 amide bonds. The number of ether oxygens (including phenoxy) is 1. The van der Waals surface area contributed by atoms with Crippen molar-refractivity contribution in [2.45, 2.75) is 51.2 Å². The molecule has 1 aliphatic carbocycles. The summed E-state index contributed by atoms with van der Waals surface area (Å²) in [6.45, 7) is 3.75. The second-order valence-corrected chi connectivity index (χ2v) is 9.24. The van der Waals surface area contributed by atoms with Crippen LogP contribution in [0.1, 0.15) is 64.8 Å². The summed E-state index contributed by atoms with van der Waals surface area (Å²) in [5, 5.41) is 22.5. The summed E-state index contributed by atoms with van der Waals surface area (Å²) < 4.78 is 9.72. The first-order valence-electron chi connectivity index (χ1n) is 10.9. The van der Waals surface area contributed by atoms with E-state index in [0.29, 0.717) is 34.7 Å². The van der Waals surface area contributed by atoms with Crippen LogP contribution in [0.15, 0.2) is 30.3 Å². The molecular weight excluding hydrogens is 458 g/mol. The van der Waals surface area contributed by atoms with E-state index in [2.05, 4.69) is 25.2 Å². The number of aldehydes is 1. The second kappa shape index (κ2) is 10.0. The number of nitrogens with one attached hydrogen (secondary N) is 3. The van der Waals surface area contributed by atoms with Gasteiger partial charge in [-0.05, 0) is 56.8 Å². The summed E-state index contributed by atoms with van der Waals surface area (Å²) in [6, 6.07) is 8.05. The number of hydrogen-bond acceptors (Lipinski definition) is 8. The Morgan fingerprint density at radius 3 is 2.88 bits per heavy atom. The van der Waals surface area contributed by atoms with Gasteiger partial charge in [-0.3, -0.25) is 14.7 Å². The third-order valence-electron chi connectivity index (χ3n) is 5.55. The fraction of sp³-hybridized carbons (Fsp3) is 0.348. The number of aromatic nitrogens is 3. The molecular formula is C23H25N5O5S. The van der Waals surface area contributed by atoms with Gasteiger partial charge in [-0.1, -0.05) is 12.1 Å². The van der Waals surface area contributed by atoms with Gasteiger partial charge in [0.25, 0.3) is 5.91 Å². The Balaban J connectivity index is 1.37. The molecule has 1 aromatic carbocycles. The van der Waals surface area contributed by atoms with Gasteiger partial charge in [0.2, 0.25) is 0 Å². The normalized spacial score (nSPS) is 17.5. The molecule has 4 N–H and O–H groups in total. The number of carbonyl (C=O) groups is 3. The fourth-order valence-electron chi connectivity index (χ4n) is 3.95. The van der Waals surface area contributed by atoms with Crippen LogP contribution in [0.3, 0.4) is 0 Å². The Morgan fingerprint density at radius 1 is 1.29 bits per heavy atom. The van der Waals surface area contributed by atoms with Gasteiger partial charge >= 0.3 is 6.09 Å². The van der Waals surface area contributed by atoms with Crippen molar-refractivity contribution in [3.8, 4) is 17.0 Å². The summed E-state index contributed by atoms with van der Waals surface area (Å²) in [7, 11) is 0. The summed E-state index contributed by atoms with van der Waals surface area (Å²) in [4.78, 5) is 36.2. The Hall–Kier alpha value is -3.73. The molecule has 0 saturated heterocycles. The number of alkyl carbamates (subject to hydrolysis) is 1. The van der Waals surface area contributed by atoms with Crippen molar-refractivity contribution in [3.63, 3.8) is 0 Å². The number of phenols is 1. The number of anilines is 1. The van der Waals surface area contributed by atoms with Crippen molar-refractivity contribution in [2.75, 3.05) is 5.32 Å². The van der Waals surface area contributed by atoms with Gasteiger partial charge in [-0.15, -0.1) is 0 Å². The molecule has 178 valence electrons. The number of H-pyrrole nitrogens is 1. The van der Waals surface area contributed by atoms with Crippen LogP contribution in [0.5, 0.6) is 5.75 Å². The lowest BCUT2D eigenvalue weighted by Gasteiger charge is -2.14. The first kappa shape index (κ1) is 23.4. The highest BCUT2D eigenvalue weighted by Gasteiger charge is 2.30. The van der Waals surface area contributed by atoms with Crippen LogP contribution < -0.4 is 10.6 Å². The average molecular weight is 484 g/mol. The smallest absolute Gasteiger partial charge is 0.407 e. The molecule has 10 nitrogen and oxygen atoms in total. The van der Waals surface area contributed by atoms with Crippen LogP contribution in [0.4, 0.5) is 10.6 Å². The van der Waals surface area contributed by atoms with Crippen LogP contribution in [0.2, 0.25) is 0 Å². The minimum Gasteiger partial charge on any atom is -0.507 e. The number of carbonyl (C=O) groups excluding carboxylic acids is 3. The number of aromatic amines is 1. The molecule has 11 heteroatoms. The van der Waals surface area contributed by atoms with Gasteiger partial charge < -0.3 is 20.5 Å². The molecule has 0 aliphatic heterocycles. The zero-order chi connectivity index (χ0) is 24.2. The lowest BCUT2D eigenvalue weighted by Crippen LogP contribution is -2.33. The highest BCUT2D eigenvalue weighted by Crippen LogP contribution is 2.36. The summed E-state index contributed by atoms with van der Waals surface area (Å²) in [5.74, 6) is 0.00332. The highest BCUT2D eigenvalue weighted by atomic mass is 32.1. The van der Waals surface area contributed by atoms with Crippen molar-refractivity contribution in [3.05, 3.63) is 46.5 Å². The molecule has 1 saturated carbocycles. The minimum absolute atomic E-state index is 0.0185. The van der Waals surface area contributed by atoms with Crippen molar-refractivity contribution in [2.24, 2.45) is 0 Å². The lowest BCUT2D eigenvalue weighted by atomic mass is 10.0. The minimum atomic E-state index is -0.409. The standard InChI is InChI=1S/C23H25N5O5S/c1-12(2)24-23(32)33-14-7-6-13(8-14)17-10-21(27-26-17)25-22(31)20-9-18(28-34-20)15-4-3-5-19(30)16(15)11-29/h3-5,9-14,30H,6-8H2,1-2H3,(H,24,32)(H2,25,26,27,31)/t13-,14+/m0/s1. The number of aromatic hydroxyl groups is 1. The second-order valence-electron chi connectivity index (χ2n) is 8.43. The Labute approximate surface area is 199 Å². The van der Waals surface area contributed by atoms with Crippen molar-refractivity contribution in [1.29, 1.82) is 0 Å². The van der Waals surface area contributed by atoms with E-state index in [-0.39, 0.29) is 35.3 Å². The van der Waals surface area contributed by atoms with E-state index in [1.165, 1.54) is 6.07 Å². The summed E-state index contributed by atoms with van der Waals surface area (Å²) in [5.41, 5.74) is 1.87. The maximum absolute atomic E-state index is 12.7. The van der Waals surface area contributed by atoms with Crippen LogP contribution in [0, 0.1) is 0 Å². The molecule has 3 aromatic rings. The first-order valence-corrected chi connectivity index (χ1v) is 11.7. The third kappa shape index (κ3) is 5.25. The zero-order valence-electron chi connectivity index (χ0n) is 18.7. The van der Waals surface area contributed by atoms with E-state index in [4.69, 9.17) is 4.74 Å². The van der Waals surface area contributed by atoms with Crippen molar-refractivity contribution < 1.29 is 24.2 Å². The number of nitrogens with zero attached hydrogens (tertiary/aromatic N) is 2. The van der Waals surface area contributed by atoms with Crippen molar-refractivity contribution >= 4 is 35.6 Å². The van der Waals surface area contributed by atoms with Gasteiger partial charge in [0.05, 0.1) is 11.3 Å². The van der Waals surface area contributed by atoms with Gasteiger partial charge in [-0.25, -0.2) is 4.79 Å². The van der Waals surface area contributed by atoms with Gasteiger partial charge in [-0.2, -0.15) is 9.47 Å². The number of rotatable bonds is 7. The average Bonchev–Trinajstić information content (AvgIpc) is 3.53. The van der Waals surface area contributed by atoms with Gasteiger partial charge in [0.1, 0.15) is 16.7 Å². The van der Waals surface area contributed by atoms with E-state index in [1.54, 1.807) is 24.3 Å². The number of benzene rings is 1. The molecule has 0 bridgehead atoms. The molecule has 1 fully saturated rings. The fourth-order valence-corrected chi connectivity index (χ4v) is 4.59. The quantitative estimate of drug-likeness (QED) is 0.370. The highest BCUT2D eigenvalue weighted by molar-refractivity contribution is 7.08. The van der Waals surface area contributed by atoms with E-state index >= 15 is 0 Å². The van der Waals surface area contributed by atoms with Crippen LogP contribution in [-0.4, -0.2) is 50.1 Å². The monoisotopic (exact) mass is 483 g/mol. The van der Waals surface area contributed by atoms with Crippen LogP contribution >= 0.6 is 11.5 Å². The molecule has 2 aromatic heterocycles. The maximum atomic E-state index is 12.7. The predicted octanol–water partition coefficient (Wildman–Crippen LogP) is 4.07. The van der Waals surface area contributed by atoms with Crippen LogP contribution in [-0.2, 0) is 4.74 Å². The molecule has 4 rings (SSSR count). The SMILES string of the molecule is CC(C)NC(=O)O[C@@H]1CC[C@H](c2cc(NC(=O)c3cc(-c4cccc(O)c4C=O)ns3)n[nH]2)C1. The summed E-state index contributed by atoms with van der Waals surface area (Å²) in [6.07, 6.45) is 2.28. The number of phenolic OH excluding ortho intramolecular Hbond substituents is 1. The van der Waals surface area contributed by atoms with E-state index in [0.717, 1.165) is 30.1 Å². The van der Waals surface area contributed by atoms with Gasteiger partial charge in [0, 0.05) is 29.3 Å². The molecule has 0 spiro atoms. The lowest BCUT2D eigenvalue weighted by molar-refractivity contribution is 0.0979. The van der Waals surface area contributed by atoms with Crippen molar-refractivity contribution in [1.82, 2.24) is 19.9 Å². The van der Waals surface area contributed by atoms with Crippen LogP contribution in [0.25, 0.3) is 11.3 Å². The molecule has 34 heavy (non-hydrogen) atoms. The zero-order valence-corrected chi connectivity index (χ0v) is 19.5. The Bertz CT molecular complexity index is 1200. The molecule has 2 atom stereocenters. The molecule has 0 radical (unpaired) electrons. The van der Waals surface area contributed by atoms with E-state index < -0.39 is 6.09 Å². The largest absolute Gasteiger partial charge is 0.507 e. The predicted molar refractivity (Wildman–Crippen MR) is 126 cm³/mol. The topological polar surface area (TPSA) is 146 Å². The molecule has 2 heterocycles. The van der Waals surface area contributed by atoms with E-state index in [1.807, 2.05) is 13.8 Å². The first-order chi connectivity index (χ1) is 16.3. The Kier molecular flexibility index (Phi) is 6.92. The number of hydrogen-bond donors (Lipinski definition) is 4. The molecule has 0 unspecified atom stereocenters.